The minimum absolute atomic E-state index is 0.103. The van der Waals surface area contributed by atoms with Crippen LogP contribution in [0.2, 0.25) is 0 Å². The summed E-state index contributed by atoms with van der Waals surface area (Å²) >= 11 is 0. The van der Waals surface area contributed by atoms with Gasteiger partial charge in [-0.3, -0.25) is 9.59 Å². The predicted octanol–water partition coefficient (Wildman–Crippen LogP) is 3.04. The molecular weight excluding hydrogens is 390 g/mol. The Labute approximate surface area is 182 Å². The Bertz CT molecular complexity index is 1070. The van der Waals surface area contributed by atoms with Gasteiger partial charge in [0, 0.05) is 41.9 Å². The highest BCUT2D eigenvalue weighted by Crippen LogP contribution is 2.41. The SMILES string of the molecule is CNC(=O)C1CCN(CCc2ccc3c(c2)COC3=C2C(=O)Nc3ccccc32)CC1. The van der Waals surface area contributed by atoms with Crippen molar-refractivity contribution in [1.82, 2.24) is 10.2 Å². The van der Waals surface area contributed by atoms with Crippen LogP contribution in [0.3, 0.4) is 0 Å². The van der Waals surface area contributed by atoms with Crippen molar-refractivity contribution in [2.45, 2.75) is 25.9 Å². The number of nitrogens with one attached hydrogen (secondary N) is 2. The van der Waals surface area contributed by atoms with Gasteiger partial charge in [-0.05, 0) is 44.0 Å². The normalized spacial score (nSPS) is 20.7. The molecule has 3 heterocycles. The van der Waals surface area contributed by atoms with E-state index in [9.17, 15) is 9.59 Å². The summed E-state index contributed by atoms with van der Waals surface area (Å²) in [5.41, 5.74) is 5.79. The highest BCUT2D eigenvalue weighted by atomic mass is 16.5. The van der Waals surface area contributed by atoms with Crippen LogP contribution in [-0.4, -0.2) is 43.4 Å². The van der Waals surface area contributed by atoms with E-state index in [1.807, 2.05) is 24.3 Å². The van der Waals surface area contributed by atoms with Crippen molar-refractivity contribution < 1.29 is 14.3 Å². The van der Waals surface area contributed by atoms with E-state index >= 15 is 0 Å². The largest absolute Gasteiger partial charge is 0.487 e. The van der Waals surface area contributed by atoms with E-state index in [4.69, 9.17) is 4.74 Å². The Balaban J connectivity index is 1.28. The third-order valence-corrected chi connectivity index (χ3v) is 6.61. The monoisotopic (exact) mass is 417 g/mol. The summed E-state index contributed by atoms with van der Waals surface area (Å²) in [7, 11) is 1.71. The van der Waals surface area contributed by atoms with E-state index in [0.29, 0.717) is 17.9 Å². The van der Waals surface area contributed by atoms with Crippen LogP contribution in [0.15, 0.2) is 42.5 Å². The number of ether oxygens (including phenoxy) is 1. The van der Waals surface area contributed by atoms with Crippen molar-refractivity contribution in [1.29, 1.82) is 0 Å². The number of amides is 2. The molecule has 3 aliphatic heterocycles. The van der Waals surface area contributed by atoms with E-state index in [0.717, 1.165) is 61.3 Å². The van der Waals surface area contributed by atoms with Gasteiger partial charge in [0.2, 0.25) is 5.91 Å². The number of anilines is 1. The van der Waals surface area contributed by atoms with Crippen molar-refractivity contribution in [2.24, 2.45) is 5.92 Å². The van der Waals surface area contributed by atoms with Gasteiger partial charge in [0.25, 0.3) is 5.91 Å². The molecule has 2 aromatic carbocycles. The van der Waals surface area contributed by atoms with E-state index in [-0.39, 0.29) is 17.7 Å². The zero-order chi connectivity index (χ0) is 21.4. The van der Waals surface area contributed by atoms with Gasteiger partial charge in [0.15, 0.2) is 0 Å². The molecule has 31 heavy (non-hydrogen) atoms. The molecule has 0 unspecified atom stereocenters. The molecule has 6 heteroatoms. The summed E-state index contributed by atoms with van der Waals surface area (Å²) in [5.74, 6) is 0.901. The maximum atomic E-state index is 12.6. The number of hydrogen-bond donors (Lipinski definition) is 2. The molecule has 3 aliphatic rings. The molecular formula is C25H27N3O3. The molecule has 1 saturated heterocycles. The Kier molecular flexibility index (Phi) is 5.24. The average Bonchev–Trinajstić information content (AvgIpc) is 3.36. The van der Waals surface area contributed by atoms with Crippen LogP contribution < -0.4 is 10.6 Å². The molecule has 1 fully saturated rings. The van der Waals surface area contributed by atoms with Gasteiger partial charge >= 0.3 is 0 Å². The Morgan fingerprint density at radius 3 is 2.77 bits per heavy atom. The number of nitrogens with zero attached hydrogens (tertiary/aromatic N) is 1. The van der Waals surface area contributed by atoms with Gasteiger partial charge in [0.05, 0.1) is 5.57 Å². The predicted molar refractivity (Wildman–Crippen MR) is 120 cm³/mol. The summed E-state index contributed by atoms with van der Waals surface area (Å²) in [5, 5.41) is 5.69. The molecule has 0 aromatic heterocycles. The second-order valence-electron chi connectivity index (χ2n) is 8.46. The fourth-order valence-corrected chi connectivity index (χ4v) is 4.83. The van der Waals surface area contributed by atoms with Crippen LogP contribution in [0, 0.1) is 5.92 Å². The molecule has 2 aromatic rings. The molecule has 0 saturated carbocycles. The van der Waals surface area contributed by atoms with Crippen molar-refractivity contribution in [3.63, 3.8) is 0 Å². The molecule has 5 rings (SSSR count). The number of benzene rings is 2. The summed E-state index contributed by atoms with van der Waals surface area (Å²) in [6.07, 6.45) is 2.82. The minimum atomic E-state index is -0.103. The first-order valence-electron chi connectivity index (χ1n) is 11.0. The van der Waals surface area contributed by atoms with E-state index in [1.54, 1.807) is 7.05 Å². The van der Waals surface area contributed by atoms with Crippen LogP contribution in [0.5, 0.6) is 0 Å². The van der Waals surface area contributed by atoms with E-state index in [2.05, 4.69) is 33.7 Å². The fraction of sp³-hybridized carbons (Fsp3) is 0.360. The van der Waals surface area contributed by atoms with Crippen molar-refractivity contribution in [2.75, 3.05) is 32.0 Å². The number of rotatable bonds is 4. The lowest BCUT2D eigenvalue weighted by molar-refractivity contribution is -0.125. The molecule has 0 spiro atoms. The average molecular weight is 418 g/mol. The fourth-order valence-electron chi connectivity index (χ4n) is 4.83. The highest BCUT2D eigenvalue weighted by molar-refractivity contribution is 6.36. The van der Waals surface area contributed by atoms with Crippen LogP contribution in [-0.2, 0) is 27.4 Å². The number of hydrogen-bond acceptors (Lipinski definition) is 4. The minimum Gasteiger partial charge on any atom is -0.487 e. The molecule has 0 bridgehead atoms. The van der Waals surface area contributed by atoms with E-state index in [1.165, 1.54) is 5.56 Å². The second kappa shape index (κ2) is 8.19. The van der Waals surface area contributed by atoms with Gasteiger partial charge in [-0.2, -0.15) is 0 Å². The first kappa shape index (κ1) is 19.8. The lowest BCUT2D eigenvalue weighted by atomic mass is 9.95. The summed E-state index contributed by atoms with van der Waals surface area (Å²) in [6, 6.07) is 14.2. The summed E-state index contributed by atoms with van der Waals surface area (Å²) in [6.45, 7) is 3.42. The van der Waals surface area contributed by atoms with Crippen LogP contribution in [0.1, 0.15) is 35.1 Å². The number of piperidine rings is 1. The third kappa shape index (κ3) is 3.72. The molecule has 0 radical (unpaired) electrons. The van der Waals surface area contributed by atoms with Gasteiger partial charge in [-0.1, -0.05) is 36.4 Å². The number of para-hydroxylation sites is 1. The van der Waals surface area contributed by atoms with Gasteiger partial charge in [-0.15, -0.1) is 0 Å². The zero-order valence-electron chi connectivity index (χ0n) is 17.7. The Morgan fingerprint density at radius 2 is 1.97 bits per heavy atom. The second-order valence-corrected chi connectivity index (χ2v) is 8.46. The lowest BCUT2D eigenvalue weighted by Gasteiger charge is -2.31. The summed E-state index contributed by atoms with van der Waals surface area (Å²) < 4.78 is 6.00. The number of carbonyl (C=O) groups excluding carboxylic acids is 2. The number of carbonyl (C=O) groups is 2. The maximum Gasteiger partial charge on any atom is 0.260 e. The van der Waals surface area contributed by atoms with Crippen molar-refractivity contribution in [3.8, 4) is 0 Å². The summed E-state index contributed by atoms with van der Waals surface area (Å²) in [4.78, 5) is 26.8. The van der Waals surface area contributed by atoms with E-state index < -0.39 is 0 Å². The van der Waals surface area contributed by atoms with Crippen molar-refractivity contribution >= 4 is 28.8 Å². The maximum absolute atomic E-state index is 12.6. The quantitative estimate of drug-likeness (QED) is 0.751. The number of likely N-dealkylation sites (tertiary alicyclic amines) is 1. The highest BCUT2D eigenvalue weighted by Gasteiger charge is 2.32. The molecule has 6 nitrogen and oxygen atoms in total. The van der Waals surface area contributed by atoms with Crippen LogP contribution in [0.25, 0.3) is 11.3 Å². The van der Waals surface area contributed by atoms with Gasteiger partial charge in [-0.25, -0.2) is 0 Å². The third-order valence-electron chi connectivity index (χ3n) is 6.61. The Hall–Kier alpha value is -3.12. The lowest BCUT2D eigenvalue weighted by Crippen LogP contribution is -2.40. The van der Waals surface area contributed by atoms with Gasteiger partial charge < -0.3 is 20.3 Å². The standard InChI is InChI=1S/C25H27N3O3/c1-26-24(29)17-9-12-28(13-10-17)11-8-16-6-7-19-18(14-16)15-31-23(19)22-20-4-2-3-5-21(20)27-25(22)30/h2-7,14,17H,8-13,15H2,1H3,(H,26,29)(H,27,30). The van der Waals surface area contributed by atoms with Crippen molar-refractivity contribution in [3.05, 3.63) is 64.7 Å². The number of fused-ring (bicyclic) bond motifs is 2. The van der Waals surface area contributed by atoms with Gasteiger partial charge in [0.1, 0.15) is 12.4 Å². The topological polar surface area (TPSA) is 70.7 Å². The first-order chi connectivity index (χ1) is 15.1. The molecule has 0 atom stereocenters. The van der Waals surface area contributed by atoms with Crippen LogP contribution >= 0.6 is 0 Å². The first-order valence-corrected chi connectivity index (χ1v) is 11.0. The molecule has 0 aliphatic carbocycles. The zero-order valence-corrected chi connectivity index (χ0v) is 17.7. The molecule has 2 N–H and O–H groups in total. The molecule has 2 amide bonds. The smallest absolute Gasteiger partial charge is 0.260 e. The van der Waals surface area contributed by atoms with Crippen LogP contribution in [0.4, 0.5) is 5.69 Å². The molecule has 160 valence electrons. The Morgan fingerprint density at radius 1 is 1.16 bits per heavy atom.